The average Bonchev–Trinajstić information content (AvgIpc) is 3.01. The number of guanidine groups is 1. The summed E-state index contributed by atoms with van der Waals surface area (Å²) in [6, 6.07) is 5.82. The first-order valence-corrected chi connectivity index (χ1v) is 7.36. The Morgan fingerprint density at radius 1 is 1.30 bits per heavy atom. The van der Waals surface area contributed by atoms with Gasteiger partial charge in [-0.2, -0.15) is 4.98 Å². The molecule has 0 aromatic carbocycles. The van der Waals surface area contributed by atoms with E-state index in [9.17, 15) is 0 Å². The van der Waals surface area contributed by atoms with Gasteiger partial charge in [-0.05, 0) is 12.1 Å². The SMILES string of the molecule is CN=C(NCCc1nc(C(C)C)no1)NCc1ccccn1.I. The molecule has 2 rings (SSSR count). The molecule has 126 valence electrons. The molecule has 23 heavy (non-hydrogen) atoms. The van der Waals surface area contributed by atoms with Crippen LogP contribution >= 0.6 is 24.0 Å². The van der Waals surface area contributed by atoms with Gasteiger partial charge in [0.1, 0.15) is 0 Å². The molecular formula is C15H23IN6O. The molecule has 0 unspecified atom stereocenters. The van der Waals surface area contributed by atoms with Gasteiger partial charge in [0.05, 0.1) is 12.2 Å². The van der Waals surface area contributed by atoms with Crippen molar-refractivity contribution in [1.29, 1.82) is 0 Å². The average molecular weight is 430 g/mol. The molecule has 2 aromatic heterocycles. The summed E-state index contributed by atoms with van der Waals surface area (Å²) in [6.45, 7) is 5.37. The molecule has 2 aromatic rings. The fourth-order valence-electron chi connectivity index (χ4n) is 1.79. The predicted octanol–water partition coefficient (Wildman–Crippen LogP) is 2.11. The second-order valence-electron chi connectivity index (χ2n) is 5.12. The summed E-state index contributed by atoms with van der Waals surface area (Å²) in [5.41, 5.74) is 0.962. The van der Waals surface area contributed by atoms with Gasteiger partial charge in [-0.15, -0.1) is 24.0 Å². The summed E-state index contributed by atoms with van der Waals surface area (Å²) < 4.78 is 5.20. The molecule has 0 radical (unpaired) electrons. The maximum atomic E-state index is 5.20. The summed E-state index contributed by atoms with van der Waals surface area (Å²) in [7, 11) is 1.73. The van der Waals surface area contributed by atoms with E-state index in [-0.39, 0.29) is 29.9 Å². The third-order valence-corrected chi connectivity index (χ3v) is 3.02. The minimum absolute atomic E-state index is 0. The number of pyridine rings is 1. The normalized spacial score (nSPS) is 11.2. The first-order chi connectivity index (χ1) is 10.7. The highest BCUT2D eigenvalue weighted by atomic mass is 127. The number of hydrogen-bond acceptors (Lipinski definition) is 5. The van der Waals surface area contributed by atoms with Crippen LogP contribution in [0.4, 0.5) is 0 Å². The largest absolute Gasteiger partial charge is 0.356 e. The lowest BCUT2D eigenvalue weighted by molar-refractivity contribution is 0.371. The Hall–Kier alpha value is -1.71. The van der Waals surface area contributed by atoms with Crippen LogP contribution in [0.15, 0.2) is 33.9 Å². The first-order valence-electron chi connectivity index (χ1n) is 7.36. The summed E-state index contributed by atoms with van der Waals surface area (Å²) >= 11 is 0. The maximum Gasteiger partial charge on any atom is 0.228 e. The Morgan fingerprint density at radius 3 is 2.74 bits per heavy atom. The van der Waals surface area contributed by atoms with Crippen LogP contribution in [0.2, 0.25) is 0 Å². The van der Waals surface area contributed by atoms with E-state index in [1.54, 1.807) is 13.2 Å². The molecule has 0 spiro atoms. The first kappa shape index (κ1) is 19.3. The van der Waals surface area contributed by atoms with Crippen LogP contribution in [0.25, 0.3) is 0 Å². The zero-order chi connectivity index (χ0) is 15.8. The van der Waals surface area contributed by atoms with Crippen molar-refractivity contribution in [2.24, 2.45) is 4.99 Å². The molecule has 8 heteroatoms. The Morgan fingerprint density at radius 2 is 2.13 bits per heavy atom. The molecule has 2 heterocycles. The van der Waals surface area contributed by atoms with Gasteiger partial charge in [-0.3, -0.25) is 9.98 Å². The summed E-state index contributed by atoms with van der Waals surface area (Å²) in [5, 5.41) is 10.4. The Labute approximate surface area is 153 Å². The molecule has 0 fully saturated rings. The van der Waals surface area contributed by atoms with Gasteiger partial charge in [0.25, 0.3) is 0 Å². The van der Waals surface area contributed by atoms with Crippen molar-refractivity contribution in [3.05, 3.63) is 41.8 Å². The fourth-order valence-corrected chi connectivity index (χ4v) is 1.79. The molecule has 0 aliphatic carbocycles. The summed E-state index contributed by atoms with van der Waals surface area (Å²) in [5.74, 6) is 2.37. The summed E-state index contributed by atoms with van der Waals surface area (Å²) in [4.78, 5) is 12.8. The van der Waals surface area contributed by atoms with Crippen molar-refractivity contribution in [1.82, 2.24) is 25.8 Å². The lowest BCUT2D eigenvalue weighted by atomic mass is 10.2. The van der Waals surface area contributed by atoms with E-state index in [0.29, 0.717) is 31.4 Å². The highest BCUT2D eigenvalue weighted by molar-refractivity contribution is 14.0. The van der Waals surface area contributed by atoms with Crippen LogP contribution in [0.5, 0.6) is 0 Å². The minimum atomic E-state index is 0. The molecule has 2 N–H and O–H groups in total. The van der Waals surface area contributed by atoms with Crippen LogP contribution in [0, 0.1) is 0 Å². The van der Waals surface area contributed by atoms with E-state index in [2.05, 4.69) is 30.8 Å². The molecule has 0 aliphatic rings. The third-order valence-electron chi connectivity index (χ3n) is 3.02. The van der Waals surface area contributed by atoms with Crippen LogP contribution in [-0.4, -0.2) is 34.7 Å². The topological polar surface area (TPSA) is 88.2 Å². The van der Waals surface area contributed by atoms with Gasteiger partial charge in [0, 0.05) is 32.1 Å². The van der Waals surface area contributed by atoms with Crippen molar-refractivity contribution in [3.8, 4) is 0 Å². The van der Waals surface area contributed by atoms with Crippen molar-refractivity contribution in [2.45, 2.75) is 32.7 Å². The van der Waals surface area contributed by atoms with Gasteiger partial charge >= 0.3 is 0 Å². The molecule has 7 nitrogen and oxygen atoms in total. The number of halogens is 1. The second kappa shape index (κ2) is 10.1. The van der Waals surface area contributed by atoms with Crippen molar-refractivity contribution in [2.75, 3.05) is 13.6 Å². The lowest BCUT2D eigenvalue weighted by Gasteiger charge is -2.10. The van der Waals surface area contributed by atoms with Crippen molar-refractivity contribution in [3.63, 3.8) is 0 Å². The Bertz CT molecular complexity index is 599. The van der Waals surface area contributed by atoms with Crippen LogP contribution < -0.4 is 10.6 Å². The minimum Gasteiger partial charge on any atom is -0.356 e. The molecule has 0 bridgehead atoms. The molecule has 0 amide bonds. The molecule has 0 saturated carbocycles. The third kappa shape index (κ3) is 6.51. The highest BCUT2D eigenvalue weighted by Gasteiger charge is 2.09. The number of nitrogens with zero attached hydrogens (tertiary/aromatic N) is 4. The number of nitrogens with one attached hydrogen (secondary N) is 2. The standard InChI is InChI=1S/C15H22N6O.HI/c1-11(2)14-20-13(22-21-14)7-9-18-15(16-3)19-10-12-6-4-5-8-17-12;/h4-6,8,11H,7,9-10H2,1-3H3,(H2,16,18,19);1H. The van der Waals surface area contributed by atoms with E-state index in [0.717, 1.165) is 11.5 Å². The van der Waals surface area contributed by atoms with Crippen LogP contribution in [0.3, 0.4) is 0 Å². The second-order valence-corrected chi connectivity index (χ2v) is 5.12. The smallest absolute Gasteiger partial charge is 0.228 e. The molecular weight excluding hydrogens is 407 g/mol. The number of rotatable bonds is 6. The quantitative estimate of drug-likeness (QED) is 0.415. The Kier molecular flexibility index (Phi) is 8.52. The number of hydrogen-bond donors (Lipinski definition) is 2. The van der Waals surface area contributed by atoms with Gasteiger partial charge in [-0.25, -0.2) is 0 Å². The Balaban J connectivity index is 0.00000264. The van der Waals surface area contributed by atoms with E-state index in [4.69, 9.17) is 4.52 Å². The summed E-state index contributed by atoms with van der Waals surface area (Å²) in [6.07, 6.45) is 2.43. The van der Waals surface area contributed by atoms with Gasteiger partial charge < -0.3 is 15.2 Å². The van der Waals surface area contributed by atoms with Gasteiger partial charge in [0.15, 0.2) is 11.8 Å². The van der Waals surface area contributed by atoms with E-state index < -0.39 is 0 Å². The van der Waals surface area contributed by atoms with Crippen LogP contribution in [-0.2, 0) is 13.0 Å². The van der Waals surface area contributed by atoms with Gasteiger partial charge in [-0.1, -0.05) is 25.1 Å². The lowest BCUT2D eigenvalue weighted by Crippen LogP contribution is -2.38. The number of aliphatic imine (C=N–C) groups is 1. The highest BCUT2D eigenvalue weighted by Crippen LogP contribution is 2.09. The van der Waals surface area contributed by atoms with Crippen molar-refractivity contribution < 1.29 is 4.52 Å². The molecule has 0 saturated heterocycles. The monoisotopic (exact) mass is 430 g/mol. The predicted molar refractivity (Wildman–Crippen MR) is 99.9 cm³/mol. The van der Waals surface area contributed by atoms with E-state index in [1.807, 2.05) is 32.0 Å². The fraction of sp³-hybridized carbons (Fsp3) is 0.467. The van der Waals surface area contributed by atoms with Crippen molar-refractivity contribution >= 4 is 29.9 Å². The maximum absolute atomic E-state index is 5.20. The zero-order valence-electron chi connectivity index (χ0n) is 13.6. The van der Waals surface area contributed by atoms with E-state index in [1.165, 1.54) is 0 Å². The molecule has 0 aliphatic heterocycles. The van der Waals surface area contributed by atoms with Crippen LogP contribution in [0.1, 0.15) is 37.2 Å². The number of aromatic nitrogens is 3. The van der Waals surface area contributed by atoms with E-state index >= 15 is 0 Å². The zero-order valence-corrected chi connectivity index (χ0v) is 15.9. The molecule has 0 atom stereocenters. The van der Waals surface area contributed by atoms with Gasteiger partial charge in [0.2, 0.25) is 5.89 Å².